The fourth-order valence-electron chi connectivity index (χ4n) is 4.18. The fourth-order valence-corrected chi connectivity index (χ4v) is 4.18. The summed E-state index contributed by atoms with van der Waals surface area (Å²) in [6.07, 6.45) is 0. The highest BCUT2D eigenvalue weighted by molar-refractivity contribution is 5.94. The number of aromatic carboxylic acids is 1. The van der Waals surface area contributed by atoms with E-state index < -0.39 is 5.97 Å². The van der Waals surface area contributed by atoms with Crippen LogP contribution >= 0.6 is 0 Å². The van der Waals surface area contributed by atoms with Gasteiger partial charge in [0.25, 0.3) is 5.56 Å². The average molecular weight is 437 g/mol. The lowest BCUT2D eigenvalue weighted by molar-refractivity contribution is 0.0698. The van der Waals surface area contributed by atoms with Crippen LogP contribution < -0.4 is 10.9 Å². The number of carbonyl (C=O) groups is 1. The van der Waals surface area contributed by atoms with E-state index >= 15 is 0 Å². The van der Waals surface area contributed by atoms with Crippen molar-refractivity contribution >= 4 is 22.4 Å². The van der Waals surface area contributed by atoms with Crippen LogP contribution in [0.4, 0.5) is 5.69 Å². The van der Waals surface area contributed by atoms with Crippen LogP contribution in [-0.2, 0) is 7.05 Å². The minimum absolute atomic E-state index is 0.132. The van der Waals surface area contributed by atoms with Gasteiger partial charge in [-0.15, -0.1) is 0 Å². The number of nitriles is 1. The second kappa shape index (κ2) is 8.64. The molecule has 4 aromatic rings. The number of carboxylic acid groups (broad SMARTS) is 1. The van der Waals surface area contributed by atoms with E-state index in [9.17, 15) is 20.0 Å². The van der Waals surface area contributed by atoms with Gasteiger partial charge in [0.15, 0.2) is 0 Å². The Morgan fingerprint density at radius 2 is 1.82 bits per heavy atom. The molecule has 0 radical (unpaired) electrons. The molecule has 0 bridgehead atoms. The number of carboxylic acids is 1. The van der Waals surface area contributed by atoms with Crippen LogP contribution in [0.5, 0.6) is 0 Å². The van der Waals surface area contributed by atoms with Gasteiger partial charge in [0.2, 0.25) is 0 Å². The van der Waals surface area contributed by atoms with Crippen molar-refractivity contribution in [3.63, 3.8) is 0 Å². The van der Waals surface area contributed by atoms with Crippen LogP contribution in [0.2, 0.25) is 0 Å². The topological polar surface area (TPSA) is 95.1 Å². The molecule has 0 aliphatic carbocycles. The average Bonchev–Trinajstić information content (AvgIpc) is 2.81. The van der Waals surface area contributed by atoms with Crippen molar-refractivity contribution in [2.75, 3.05) is 5.32 Å². The molecule has 0 spiro atoms. The number of hydrogen-bond donors (Lipinski definition) is 2. The number of aryl methyl sites for hydroxylation is 1. The predicted molar refractivity (Wildman–Crippen MR) is 130 cm³/mol. The molecule has 0 fully saturated rings. The van der Waals surface area contributed by atoms with Crippen LogP contribution in [0, 0.1) is 18.3 Å². The summed E-state index contributed by atoms with van der Waals surface area (Å²) in [6, 6.07) is 21.6. The maximum Gasteiger partial charge on any atom is 0.337 e. The third-order valence-corrected chi connectivity index (χ3v) is 5.82. The molecule has 3 aromatic carbocycles. The van der Waals surface area contributed by atoms with E-state index in [0.29, 0.717) is 22.3 Å². The van der Waals surface area contributed by atoms with Crippen molar-refractivity contribution in [3.05, 3.63) is 99.3 Å². The minimum Gasteiger partial charge on any atom is -0.478 e. The molecule has 1 aromatic heterocycles. The van der Waals surface area contributed by atoms with Crippen molar-refractivity contribution in [1.29, 1.82) is 5.26 Å². The molecule has 0 amide bonds. The first kappa shape index (κ1) is 21.8. The normalized spacial score (nSPS) is 11.7. The molecule has 33 heavy (non-hydrogen) atoms. The minimum atomic E-state index is -1.01. The predicted octanol–water partition coefficient (Wildman–Crippen LogP) is 5.26. The quantitative estimate of drug-likeness (QED) is 0.444. The van der Waals surface area contributed by atoms with Crippen LogP contribution in [0.3, 0.4) is 0 Å². The van der Waals surface area contributed by atoms with Gasteiger partial charge in [-0.05, 0) is 72.3 Å². The molecule has 0 saturated heterocycles. The van der Waals surface area contributed by atoms with Crippen molar-refractivity contribution in [2.24, 2.45) is 7.05 Å². The number of hydrogen-bond acceptors (Lipinski definition) is 4. The number of para-hydroxylation sites is 1. The van der Waals surface area contributed by atoms with E-state index in [2.05, 4.69) is 11.4 Å². The van der Waals surface area contributed by atoms with Gasteiger partial charge in [0.1, 0.15) is 0 Å². The number of aromatic nitrogens is 1. The molecular formula is C27H23N3O3. The van der Waals surface area contributed by atoms with E-state index in [0.717, 1.165) is 22.1 Å². The first-order chi connectivity index (χ1) is 15.8. The highest BCUT2D eigenvalue weighted by atomic mass is 16.4. The summed E-state index contributed by atoms with van der Waals surface area (Å²) in [5.41, 5.74) is 4.39. The summed E-state index contributed by atoms with van der Waals surface area (Å²) >= 11 is 0. The maximum atomic E-state index is 13.3. The maximum absolute atomic E-state index is 13.3. The van der Waals surface area contributed by atoms with Gasteiger partial charge in [0, 0.05) is 24.2 Å². The van der Waals surface area contributed by atoms with Crippen molar-refractivity contribution in [2.45, 2.75) is 19.9 Å². The molecule has 4 rings (SSSR count). The van der Waals surface area contributed by atoms with Gasteiger partial charge < -0.3 is 15.0 Å². The van der Waals surface area contributed by atoms with Crippen molar-refractivity contribution < 1.29 is 9.90 Å². The Balaban J connectivity index is 1.90. The van der Waals surface area contributed by atoms with Crippen LogP contribution in [0.1, 0.15) is 40.0 Å². The number of nitrogens with one attached hydrogen (secondary N) is 1. The Morgan fingerprint density at radius 1 is 1.06 bits per heavy atom. The Bertz CT molecular complexity index is 1500. The van der Waals surface area contributed by atoms with Gasteiger partial charge >= 0.3 is 5.97 Å². The zero-order valence-corrected chi connectivity index (χ0v) is 18.6. The SMILES string of the molecule is Cc1cc(C(C)Nc2ccccc2C(=O)O)c2cc(-c3cccc(C#N)c3)n(C)c(=O)c2c1. The van der Waals surface area contributed by atoms with E-state index in [1.807, 2.05) is 38.1 Å². The Kier molecular flexibility index (Phi) is 5.72. The first-order valence-electron chi connectivity index (χ1n) is 10.5. The third-order valence-electron chi connectivity index (χ3n) is 5.82. The standard InChI is InChI=1S/C27H23N3O3/c1-16-11-21(17(2)29-24-10-5-4-9-20(24)27(32)33)22-14-25(30(3)26(31)23(22)12-16)19-8-6-7-18(13-19)15-28/h4-14,17,29H,1-3H3,(H,32,33). The fraction of sp³-hybridized carbons (Fsp3) is 0.148. The second-order valence-corrected chi connectivity index (χ2v) is 8.12. The Morgan fingerprint density at radius 3 is 2.55 bits per heavy atom. The van der Waals surface area contributed by atoms with E-state index in [1.54, 1.807) is 54.1 Å². The third kappa shape index (κ3) is 4.09. The molecule has 0 aliphatic heterocycles. The summed E-state index contributed by atoms with van der Waals surface area (Å²) in [6.45, 7) is 3.88. The van der Waals surface area contributed by atoms with Gasteiger partial charge in [-0.2, -0.15) is 5.26 Å². The summed E-state index contributed by atoms with van der Waals surface area (Å²) < 4.78 is 1.60. The largest absolute Gasteiger partial charge is 0.478 e. The number of fused-ring (bicyclic) bond motifs is 1. The molecule has 164 valence electrons. The van der Waals surface area contributed by atoms with Crippen LogP contribution in [0.15, 0.2) is 71.5 Å². The highest BCUT2D eigenvalue weighted by Gasteiger charge is 2.18. The van der Waals surface area contributed by atoms with Crippen molar-refractivity contribution in [3.8, 4) is 17.3 Å². The number of nitrogens with zero attached hydrogens (tertiary/aromatic N) is 2. The summed E-state index contributed by atoms with van der Waals surface area (Å²) in [5, 5.41) is 23.5. The lowest BCUT2D eigenvalue weighted by Crippen LogP contribution is -2.20. The molecule has 0 saturated carbocycles. The van der Waals surface area contributed by atoms with Crippen molar-refractivity contribution in [1.82, 2.24) is 4.57 Å². The van der Waals surface area contributed by atoms with Crippen LogP contribution in [0.25, 0.3) is 22.0 Å². The summed E-state index contributed by atoms with van der Waals surface area (Å²) in [5.74, 6) is -1.01. The number of benzene rings is 3. The van der Waals surface area contributed by atoms with E-state index in [-0.39, 0.29) is 17.2 Å². The molecule has 1 unspecified atom stereocenters. The highest BCUT2D eigenvalue weighted by Crippen LogP contribution is 2.31. The molecule has 2 N–H and O–H groups in total. The lowest BCUT2D eigenvalue weighted by atomic mass is 9.95. The summed E-state index contributed by atoms with van der Waals surface area (Å²) in [7, 11) is 1.73. The number of rotatable bonds is 5. The second-order valence-electron chi connectivity index (χ2n) is 8.12. The van der Waals surface area contributed by atoms with E-state index in [4.69, 9.17) is 0 Å². The molecule has 0 aliphatic rings. The number of anilines is 1. The zero-order valence-electron chi connectivity index (χ0n) is 18.6. The Labute approximate surface area is 191 Å². The smallest absolute Gasteiger partial charge is 0.337 e. The molecule has 1 heterocycles. The van der Waals surface area contributed by atoms with Gasteiger partial charge in [-0.1, -0.05) is 30.3 Å². The van der Waals surface area contributed by atoms with E-state index in [1.165, 1.54) is 0 Å². The Hall–Kier alpha value is -4.37. The monoisotopic (exact) mass is 437 g/mol. The van der Waals surface area contributed by atoms with Gasteiger partial charge in [-0.3, -0.25) is 4.79 Å². The molecule has 6 nitrogen and oxygen atoms in total. The molecular weight excluding hydrogens is 414 g/mol. The first-order valence-corrected chi connectivity index (χ1v) is 10.5. The van der Waals surface area contributed by atoms with Gasteiger partial charge in [-0.25, -0.2) is 4.79 Å². The lowest BCUT2D eigenvalue weighted by Gasteiger charge is -2.21. The van der Waals surface area contributed by atoms with Gasteiger partial charge in [0.05, 0.1) is 22.9 Å². The number of pyridine rings is 1. The molecule has 6 heteroatoms. The summed E-state index contributed by atoms with van der Waals surface area (Å²) in [4.78, 5) is 24.9. The van der Waals surface area contributed by atoms with Crippen LogP contribution in [-0.4, -0.2) is 15.6 Å². The zero-order chi connectivity index (χ0) is 23.7. The molecule has 1 atom stereocenters.